The molecule has 2 N–H and O–H groups in total. The van der Waals surface area contributed by atoms with Gasteiger partial charge in [-0.25, -0.2) is 4.39 Å². The third-order valence-electron chi connectivity index (χ3n) is 3.40. The van der Waals surface area contributed by atoms with E-state index >= 15 is 0 Å². The first-order valence-corrected chi connectivity index (χ1v) is 6.65. The first kappa shape index (κ1) is 12.7. The molecule has 2 aromatic rings. The van der Waals surface area contributed by atoms with Crippen molar-refractivity contribution in [3.63, 3.8) is 0 Å². The van der Waals surface area contributed by atoms with Gasteiger partial charge in [0.15, 0.2) is 5.96 Å². The highest BCUT2D eigenvalue weighted by Gasteiger charge is 2.10. The summed E-state index contributed by atoms with van der Waals surface area (Å²) in [4.78, 5) is 4.32. The van der Waals surface area contributed by atoms with Crippen molar-refractivity contribution in [2.75, 3.05) is 18.4 Å². The van der Waals surface area contributed by atoms with Crippen LogP contribution in [0.2, 0.25) is 0 Å². The zero-order valence-electron chi connectivity index (χ0n) is 11.3. The molecule has 0 atom stereocenters. The molecule has 0 aromatic heterocycles. The van der Waals surface area contributed by atoms with Crippen LogP contribution in [0.1, 0.15) is 5.56 Å². The van der Waals surface area contributed by atoms with Gasteiger partial charge >= 0.3 is 0 Å². The van der Waals surface area contributed by atoms with Gasteiger partial charge in [-0.2, -0.15) is 0 Å². The molecular formula is C16H16FN3. The molecule has 4 heteroatoms. The summed E-state index contributed by atoms with van der Waals surface area (Å²) < 4.78 is 13.4. The van der Waals surface area contributed by atoms with E-state index in [9.17, 15) is 4.39 Å². The SMILES string of the molecule is Cc1c(NC2=NCCN2)cccc1-c1cccc(F)c1. The number of hydrogen-bond donors (Lipinski definition) is 2. The Morgan fingerprint density at radius 2 is 2.05 bits per heavy atom. The molecule has 3 rings (SSSR count). The highest BCUT2D eigenvalue weighted by atomic mass is 19.1. The monoisotopic (exact) mass is 269 g/mol. The van der Waals surface area contributed by atoms with Crippen LogP contribution in [0.5, 0.6) is 0 Å². The van der Waals surface area contributed by atoms with E-state index in [0.717, 1.165) is 41.4 Å². The summed E-state index contributed by atoms with van der Waals surface area (Å²) in [6.07, 6.45) is 0. The second kappa shape index (κ2) is 5.33. The molecule has 0 unspecified atom stereocenters. The van der Waals surface area contributed by atoms with E-state index < -0.39 is 0 Å². The van der Waals surface area contributed by atoms with Crippen LogP contribution in [0.15, 0.2) is 47.5 Å². The smallest absolute Gasteiger partial charge is 0.195 e. The number of benzene rings is 2. The third-order valence-corrected chi connectivity index (χ3v) is 3.40. The Bertz CT molecular complexity index is 665. The fourth-order valence-electron chi connectivity index (χ4n) is 2.35. The third kappa shape index (κ3) is 2.50. The van der Waals surface area contributed by atoms with Crippen LogP contribution in [0.3, 0.4) is 0 Å². The number of nitrogens with one attached hydrogen (secondary N) is 2. The Labute approximate surface area is 117 Å². The van der Waals surface area contributed by atoms with Crippen LogP contribution in [-0.2, 0) is 0 Å². The lowest BCUT2D eigenvalue weighted by Gasteiger charge is -2.13. The average Bonchev–Trinajstić information content (AvgIpc) is 2.94. The highest BCUT2D eigenvalue weighted by molar-refractivity contribution is 5.96. The normalized spacial score (nSPS) is 13.8. The van der Waals surface area contributed by atoms with Gasteiger partial charge in [0.1, 0.15) is 5.82 Å². The second-order valence-electron chi connectivity index (χ2n) is 4.77. The fraction of sp³-hybridized carbons (Fsp3) is 0.188. The quantitative estimate of drug-likeness (QED) is 0.878. The van der Waals surface area contributed by atoms with E-state index in [1.54, 1.807) is 12.1 Å². The molecule has 0 radical (unpaired) electrons. The molecule has 0 saturated heterocycles. The van der Waals surface area contributed by atoms with Crippen LogP contribution < -0.4 is 10.6 Å². The topological polar surface area (TPSA) is 36.4 Å². The Hall–Kier alpha value is -2.36. The number of guanidine groups is 1. The maximum Gasteiger partial charge on any atom is 0.195 e. The van der Waals surface area contributed by atoms with E-state index in [-0.39, 0.29) is 5.82 Å². The lowest BCUT2D eigenvalue weighted by atomic mass is 9.99. The summed E-state index contributed by atoms with van der Waals surface area (Å²) in [5.74, 6) is 0.576. The minimum Gasteiger partial charge on any atom is -0.354 e. The van der Waals surface area contributed by atoms with E-state index in [1.807, 2.05) is 31.2 Å². The van der Waals surface area contributed by atoms with Crippen LogP contribution >= 0.6 is 0 Å². The molecular weight excluding hydrogens is 253 g/mol. The first-order valence-electron chi connectivity index (χ1n) is 6.65. The van der Waals surface area contributed by atoms with Crippen LogP contribution in [0, 0.1) is 12.7 Å². The Balaban J connectivity index is 1.96. The van der Waals surface area contributed by atoms with Gasteiger partial charge in [0.25, 0.3) is 0 Å². The van der Waals surface area contributed by atoms with Crippen molar-refractivity contribution in [1.29, 1.82) is 0 Å². The summed E-state index contributed by atoms with van der Waals surface area (Å²) in [6, 6.07) is 12.6. The van der Waals surface area contributed by atoms with E-state index in [2.05, 4.69) is 15.6 Å². The maximum absolute atomic E-state index is 13.4. The summed E-state index contributed by atoms with van der Waals surface area (Å²) in [5.41, 5.74) is 3.97. The molecule has 0 aliphatic carbocycles. The average molecular weight is 269 g/mol. The molecule has 0 fully saturated rings. The summed E-state index contributed by atoms with van der Waals surface area (Å²) in [6.45, 7) is 3.69. The Kier molecular flexibility index (Phi) is 3.37. The molecule has 102 valence electrons. The number of hydrogen-bond acceptors (Lipinski definition) is 3. The van der Waals surface area contributed by atoms with Gasteiger partial charge in [0, 0.05) is 12.2 Å². The Morgan fingerprint density at radius 3 is 2.80 bits per heavy atom. The minimum absolute atomic E-state index is 0.220. The maximum atomic E-state index is 13.4. The van der Waals surface area contributed by atoms with Gasteiger partial charge in [0.2, 0.25) is 0 Å². The number of aliphatic imine (C=N–C) groups is 1. The number of halogens is 1. The molecule has 1 aliphatic rings. The summed E-state index contributed by atoms with van der Waals surface area (Å²) in [5, 5.41) is 6.46. The second-order valence-corrected chi connectivity index (χ2v) is 4.77. The van der Waals surface area contributed by atoms with Crippen molar-refractivity contribution in [2.45, 2.75) is 6.92 Å². The van der Waals surface area contributed by atoms with Gasteiger partial charge in [0.05, 0.1) is 6.54 Å². The molecule has 0 saturated carbocycles. The zero-order valence-corrected chi connectivity index (χ0v) is 11.3. The molecule has 20 heavy (non-hydrogen) atoms. The highest BCUT2D eigenvalue weighted by Crippen LogP contribution is 2.28. The standard InChI is InChI=1S/C16H16FN3/c1-11-14(12-4-2-5-13(17)10-12)6-3-7-15(11)20-16-18-8-9-19-16/h2-7,10H,8-9H2,1H3,(H2,18,19,20). The molecule has 0 spiro atoms. The van der Waals surface area contributed by atoms with E-state index in [4.69, 9.17) is 0 Å². The summed E-state index contributed by atoms with van der Waals surface area (Å²) in [7, 11) is 0. The predicted octanol–water partition coefficient (Wildman–Crippen LogP) is 3.17. The van der Waals surface area contributed by atoms with Crippen LogP contribution in [0.4, 0.5) is 10.1 Å². The number of anilines is 1. The van der Waals surface area contributed by atoms with Crippen molar-refractivity contribution in [3.05, 3.63) is 53.8 Å². The molecule has 1 heterocycles. The molecule has 3 nitrogen and oxygen atoms in total. The largest absolute Gasteiger partial charge is 0.354 e. The lowest BCUT2D eigenvalue weighted by Crippen LogP contribution is -2.26. The number of nitrogens with zero attached hydrogens (tertiary/aromatic N) is 1. The van der Waals surface area contributed by atoms with Gasteiger partial charge in [-0.05, 0) is 41.8 Å². The van der Waals surface area contributed by atoms with Gasteiger partial charge < -0.3 is 10.6 Å². The fourth-order valence-corrected chi connectivity index (χ4v) is 2.35. The minimum atomic E-state index is -0.220. The van der Waals surface area contributed by atoms with E-state index in [1.165, 1.54) is 6.07 Å². The molecule has 1 aliphatic heterocycles. The predicted molar refractivity (Wildman–Crippen MR) is 80.5 cm³/mol. The van der Waals surface area contributed by atoms with Crippen molar-refractivity contribution in [3.8, 4) is 11.1 Å². The van der Waals surface area contributed by atoms with Gasteiger partial charge in [-0.1, -0.05) is 24.3 Å². The zero-order chi connectivity index (χ0) is 13.9. The van der Waals surface area contributed by atoms with Crippen molar-refractivity contribution in [2.24, 2.45) is 4.99 Å². The molecule has 0 bridgehead atoms. The van der Waals surface area contributed by atoms with Gasteiger partial charge in [-0.3, -0.25) is 4.99 Å². The van der Waals surface area contributed by atoms with Crippen molar-refractivity contribution < 1.29 is 4.39 Å². The lowest BCUT2D eigenvalue weighted by molar-refractivity contribution is 0.628. The first-order chi connectivity index (χ1) is 9.74. The van der Waals surface area contributed by atoms with Crippen LogP contribution in [0.25, 0.3) is 11.1 Å². The van der Waals surface area contributed by atoms with Crippen molar-refractivity contribution in [1.82, 2.24) is 5.32 Å². The van der Waals surface area contributed by atoms with Crippen LogP contribution in [-0.4, -0.2) is 19.0 Å². The molecule has 2 aromatic carbocycles. The number of rotatable bonds is 2. The summed E-state index contributed by atoms with van der Waals surface area (Å²) >= 11 is 0. The Morgan fingerprint density at radius 1 is 1.20 bits per heavy atom. The molecule has 0 amide bonds. The van der Waals surface area contributed by atoms with Gasteiger partial charge in [-0.15, -0.1) is 0 Å². The van der Waals surface area contributed by atoms with E-state index in [0.29, 0.717) is 0 Å². The van der Waals surface area contributed by atoms with Crippen molar-refractivity contribution >= 4 is 11.6 Å².